The Hall–Kier alpha value is -2.37. The van der Waals surface area contributed by atoms with Crippen LogP contribution in [0.2, 0.25) is 0 Å². The van der Waals surface area contributed by atoms with Crippen LogP contribution in [-0.2, 0) is 11.8 Å². The van der Waals surface area contributed by atoms with Gasteiger partial charge in [-0.1, -0.05) is 0 Å². The van der Waals surface area contributed by atoms with Gasteiger partial charge in [-0.2, -0.15) is 5.10 Å². The number of aryl methyl sites for hydroxylation is 1. The van der Waals surface area contributed by atoms with Crippen LogP contribution >= 0.6 is 0 Å². The second kappa shape index (κ2) is 4.87. The maximum absolute atomic E-state index is 11.7. The standard InChI is InChI=1S/C12H13N3O3/c1-8-9(6-14-15(8)2)12(17)18-7-11(16)10-4-3-5-13-10/h3-6,13H,7H2,1-2H3. The minimum Gasteiger partial charge on any atom is -0.454 e. The number of nitrogens with zero attached hydrogens (tertiary/aromatic N) is 2. The van der Waals surface area contributed by atoms with E-state index in [0.29, 0.717) is 17.0 Å². The molecule has 2 aromatic heterocycles. The van der Waals surface area contributed by atoms with Gasteiger partial charge in [0.05, 0.1) is 11.9 Å². The lowest BCUT2D eigenvalue weighted by atomic mass is 10.2. The SMILES string of the molecule is Cc1c(C(=O)OCC(=O)c2ccc[nH]2)cnn1C. The zero-order valence-electron chi connectivity index (χ0n) is 10.1. The number of ether oxygens (including phenoxy) is 1. The van der Waals surface area contributed by atoms with Gasteiger partial charge in [-0.3, -0.25) is 9.48 Å². The molecular weight excluding hydrogens is 234 g/mol. The van der Waals surface area contributed by atoms with E-state index < -0.39 is 5.97 Å². The third kappa shape index (κ3) is 2.32. The number of esters is 1. The second-order valence-electron chi connectivity index (χ2n) is 3.85. The van der Waals surface area contributed by atoms with E-state index >= 15 is 0 Å². The molecule has 0 unspecified atom stereocenters. The molecule has 0 aliphatic rings. The largest absolute Gasteiger partial charge is 0.454 e. The molecule has 0 amide bonds. The lowest BCUT2D eigenvalue weighted by Crippen LogP contribution is -2.15. The predicted octanol–water partition coefficient (Wildman–Crippen LogP) is 1.10. The van der Waals surface area contributed by atoms with Crippen molar-refractivity contribution in [2.24, 2.45) is 7.05 Å². The van der Waals surface area contributed by atoms with Crippen molar-refractivity contribution in [3.8, 4) is 0 Å². The average Bonchev–Trinajstić information content (AvgIpc) is 2.98. The molecule has 0 saturated heterocycles. The van der Waals surface area contributed by atoms with Crippen LogP contribution in [0.1, 0.15) is 26.5 Å². The van der Waals surface area contributed by atoms with Crippen molar-refractivity contribution in [1.82, 2.24) is 14.8 Å². The lowest BCUT2D eigenvalue weighted by molar-refractivity contribution is 0.0472. The van der Waals surface area contributed by atoms with Crippen molar-refractivity contribution >= 4 is 11.8 Å². The summed E-state index contributed by atoms with van der Waals surface area (Å²) in [4.78, 5) is 26.1. The highest BCUT2D eigenvalue weighted by Gasteiger charge is 2.16. The van der Waals surface area contributed by atoms with Gasteiger partial charge in [-0.15, -0.1) is 0 Å². The first-order valence-corrected chi connectivity index (χ1v) is 5.42. The quantitative estimate of drug-likeness (QED) is 0.648. The summed E-state index contributed by atoms with van der Waals surface area (Å²) in [5.41, 5.74) is 1.50. The van der Waals surface area contributed by atoms with Gasteiger partial charge < -0.3 is 9.72 Å². The van der Waals surface area contributed by atoms with E-state index in [2.05, 4.69) is 10.1 Å². The van der Waals surface area contributed by atoms with Gasteiger partial charge in [0.15, 0.2) is 6.61 Å². The van der Waals surface area contributed by atoms with Gasteiger partial charge in [0.2, 0.25) is 5.78 Å². The third-order valence-corrected chi connectivity index (χ3v) is 2.69. The Morgan fingerprint density at radius 3 is 2.83 bits per heavy atom. The zero-order chi connectivity index (χ0) is 13.1. The number of hydrogen-bond donors (Lipinski definition) is 1. The van der Waals surface area contributed by atoms with Crippen LogP contribution in [0.3, 0.4) is 0 Å². The molecule has 0 atom stereocenters. The van der Waals surface area contributed by atoms with Gasteiger partial charge >= 0.3 is 5.97 Å². The molecule has 6 nitrogen and oxygen atoms in total. The van der Waals surface area contributed by atoms with Crippen LogP contribution in [0.5, 0.6) is 0 Å². The number of nitrogens with one attached hydrogen (secondary N) is 1. The van der Waals surface area contributed by atoms with Crippen molar-refractivity contribution in [2.45, 2.75) is 6.92 Å². The maximum Gasteiger partial charge on any atom is 0.342 e. The first-order valence-electron chi connectivity index (χ1n) is 5.42. The minimum atomic E-state index is -0.541. The molecule has 0 bridgehead atoms. The number of Topliss-reactive ketones (excluding diaryl/α,β-unsaturated/α-hetero) is 1. The highest BCUT2D eigenvalue weighted by Crippen LogP contribution is 2.07. The first-order chi connectivity index (χ1) is 8.59. The molecule has 0 spiro atoms. The van der Waals surface area contributed by atoms with Crippen molar-refractivity contribution in [1.29, 1.82) is 0 Å². The Morgan fingerprint density at radius 1 is 1.50 bits per heavy atom. The number of ketones is 1. The molecule has 0 aliphatic carbocycles. The van der Waals surface area contributed by atoms with Crippen molar-refractivity contribution in [3.63, 3.8) is 0 Å². The highest BCUT2D eigenvalue weighted by molar-refractivity contribution is 5.98. The fourth-order valence-corrected chi connectivity index (χ4v) is 1.49. The molecule has 0 aromatic carbocycles. The molecule has 18 heavy (non-hydrogen) atoms. The zero-order valence-corrected chi connectivity index (χ0v) is 10.1. The molecule has 0 aliphatic heterocycles. The fraction of sp³-hybridized carbons (Fsp3) is 0.250. The number of aromatic amines is 1. The predicted molar refractivity (Wildman–Crippen MR) is 63.4 cm³/mol. The van der Waals surface area contributed by atoms with E-state index in [0.717, 1.165) is 0 Å². The molecule has 2 aromatic rings. The van der Waals surface area contributed by atoms with Gasteiger partial charge in [0.25, 0.3) is 0 Å². The summed E-state index contributed by atoms with van der Waals surface area (Å²) in [5, 5.41) is 3.94. The summed E-state index contributed by atoms with van der Waals surface area (Å²) in [6.07, 6.45) is 3.07. The van der Waals surface area contributed by atoms with Crippen LogP contribution < -0.4 is 0 Å². The van der Waals surface area contributed by atoms with E-state index in [1.807, 2.05) is 0 Å². The molecule has 0 saturated carbocycles. The third-order valence-electron chi connectivity index (χ3n) is 2.69. The van der Waals surface area contributed by atoms with Gasteiger partial charge in [-0.05, 0) is 19.1 Å². The van der Waals surface area contributed by atoms with E-state index in [1.54, 1.807) is 37.0 Å². The molecule has 2 rings (SSSR count). The summed E-state index contributed by atoms with van der Waals surface area (Å²) in [5.74, 6) is -0.810. The van der Waals surface area contributed by atoms with Crippen LogP contribution in [0.25, 0.3) is 0 Å². The molecule has 0 radical (unpaired) electrons. The van der Waals surface area contributed by atoms with Crippen molar-refractivity contribution < 1.29 is 14.3 Å². The summed E-state index contributed by atoms with van der Waals surface area (Å²) in [6, 6.07) is 3.34. The van der Waals surface area contributed by atoms with E-state index in [1.165, 1.54) is 6.20 Å². The summed E-state index contributed by atoms with van der Waals surface area (Å²) >= 11 is 0. The topological polar surface area (TPSA) is 77.0 Å². The second-order valence-corrected chi connectivity index (χ2v) is 3.85. The maximum atomic E-state index is 11.7. The minimum absolute atomic E-state index is 0.269. The van der Waals surface area contributed by atoms with E-state index in [-0.39, 0.29) is 12.4 Å². The molecule has 0 fully saturated rings. The van der Waals surface area contributed by atoms with Crippen LogP contribution in [0, 0.1) is 6.92 Å². The van der Waals surface area contributed by atoms with Crippen LogP contribution in [-0.4, -0.2) is 33.1 Å². The Morgan fingerprint density at radius 2 is 2.28 bits per heavy atom. The monoisotopic (exact) mass is 247 g/mol. The number of rotatable bonds is 4. The number of aromatic nitrogens is 3. The average molecular weight is 247 g/mol. The number of hydrogen-bond acceptors (Lipinski definition) is 4. The smallest absolute Gasteiger partial charge is 0.342 e. The Labute approximate surface area is 104 Å². The Kier molecular flexibility index (Phi) is 3.27. The number of carbonyl (C=O) groups is 2. The Bertz CT molecular complexity index is 569. The molecule has 1 N–H and O–H groups in total. The van der Waals surface area contributed by atoms with Gasteiger partial charge in [0, 0.05) is 18.9 Å². The van der Waals surface area contributed by atoms with Crippen molar-refractivity contribution in [2.75, 3.05) is 6.61 Å². The van der Waals surface area contributed by atoms with Gasteiger partial charge in [-0.25, -0.2) is 4.79 Å². The number of H-pyrrole nitrogens is 1. The first kappa shape index (κ1) is 12.1. The normalized spacial score (nSPS) is 10.3. The lowest BCUT2D eigenvalue weighted by Gasteiger charge is -2.02. The summed E-state index contributed by atoms with van der Waals surface area (Å²) in [6.45, 7) is 1.48. The molecule has 2 heterocycles. The fourth-order valence-electron chi connectivity index (χ4n) is 1.49. The highest BCUT2D eigenvalue weighted by atomic mass is 16.5. The van der Waals surface area contributed by atoms with Crippen molar-refractivity contribution in [3.05, 3.63) is 41.5 Å². The summed E-state index contributed by atoms with van der Waals surface area (Å²) in [7, 11) is 1.73. The number of carbonyl (C=O) groups excluding carboxylic acids is 2. The molecule has 94 valence electrons. The van der Waals surface area contributed by atoms with E-state index in [4.69, 9.17) is 4.74 Å². The summed E-state index contributed by atoms with van der Waals surface area (Å²) < 4.78 is 6.52. The Balaban J connectivity index is 1.97. The van der Waals surface area contributed by atoms with Crippen LogP contribution in [0.4, 0.5) is 0 Å². The van der Waals surface area contributed by atoms with E-state index in [9.17, 15) is 9.59 Å². The molecule has 6 heteroatoms. The molecular formula is C12H13N3O3. The van der Waals surface area contributed by atoms with Crippen LogP contribution in [0.15, 0.2) is 24.5 Å². The van der Waals surface area contributed by atoms with Gasteiger partial charge in [0.1, 0.15) is 5.56 Å².